The van der Waals surface area contributed by atoms with E-state index in [2.05, 4.69) is 53.2 Å². The highest BCUT2D eigenvalue weighted by molar-refractivity contribution is 7.99. The van der Waals surface area contributed by atoms with E-state index in [-0.39, 0.29) is 67.8 Å². The lowest BCUT2D eigenvalue weighted by Gasteiger charge is -2.33. The molecule has 10 atom stereocenters. The predicted molar refractivity (Wildman–Crippen MR) is 418 cm³/mol. The fraction of sp³-hybridized carbons (Fsp3) is 0.584. The summed E-state index contributed by atoms with van der Waals surface area (Å²) in [6, 6.07) is 10.2. The first-order chi connectivity index (χ1) is 50.6. The van der Waals surface area contributed by atoms with Crippen LogP contribution in [0.4, 0.5) is 9.59 Å². The van der Waals surface area contributed by atoms with Crippen LogP contribution in [0.1, 0.15) is 168 Å². The third kappa shape index (κ3) is 35.1. The van der Waals surface area contributed by atoms with Gasteiger partial charge in [-0.05, 0) is 178 Å². The standard InChI is InChI=1S/C77H116N12O18S2/c1-45(103-73(5,6)7)61(69(98)86-59(42-109-44-81-48(4)91)68(97)88-62(70(99)100)46(2)104-74(8,9)10)87-64(93)55(30-25-26-36-79-71(101)106-76(14,15)16)82-66(95)57(39-51-40-89(72(102)107-77(17,18)19)60-31-24-23-29-53(51)60)84-65(94)56(38-50-32-34-52(35-33-50)105-75(11,12)13)83-67(96)58(41-108-43-80-47(3)90)85-63(92)54(78)37-49-27-21-20-22-28-49/h20-24,27-29,31-35,40,45-46,54-59,61-62H,25-26,30,36-39,41-44,78H2,1-19H3,(H,79,101)(H,80,90)(H,81,91)(H,82,95)(H,83,96)(H,84,94)(H,85,92)(H,86,98)(H,87,93)(H,88,97)(H,99,100)/t45-,46-,54-,55+,56+,57-,58+,59+,61+,62+/m1/s1. The Morgan fingerprint density at radius 1 is 0.468 bits per heavy atom. The van der Waals surface area contributed by atoms with E-state index in [0.717, 1.165) is 29.1 Å². The summed E-state index contributed by atoms with van der Waals surface area (Å²) in [5.74, 6) is -8.53. The van der Waals surface area contributed by atoms with E-state index in [1.54, 1.807) is 156 Å². The molecule has 604 valence electrons. The number of amides is 10. The first kappa shape index (κ1) is 92.4. The van der Waals surface area contributed by atoms with Gasteiger partial charge >= 0.3 is 18.2 Å². The highest BCUT2D eigenvalue weighted by Gasteiger charge is 2.40. The number of unbranched alkanes of at least 4 members (excludes halogenated alkanes) is 1. The van der Waals surface area contributed by atoms with E-state index in [1.165, 1.54) is 38.5 Å². The molecule has 0 spiro atoms. The molecule has 13 N–H and O–H groups in total. The van der Waals surface area contributed by atoms with Gasteiger partial charge in [-0.15, -0.1) is 23.5 Å². The number of benzene rings is 3. The van der Waals surface area contributed by atoms with Crippen molar-refractivity contribution in [1.29, 1.82) is 0 Å². The lowest BCUT2D eigenvalue weighted by atomic mass is 10.0. The number of thioether (sulfide) groups is 2. The lowest BCUT2D eigenvalue weighted by Crippen LogP contribution is -2.63. The van der Waals surface area contributed by atoms with Gasteiger partial charge in [-0.25, -0.2) is 14.4 Å². The van der Waals surface area contributed by atoms with Crippen molar-refractivity contribution in [2.24, 2.45) is 5.73 Å². The maximum atomic E-state index is 15.8. The Morgan fingerprint density at radius 2 is 0.917 bits per heavy atom. The molecule has 1 heterocycles. The molecular formula is C77H116N12O18S2. The molecule has 0 aliphatic carbocycles. The monoisotopic (exact) mass is 1560 g/mol. The molecule has 1 aromatic heterocycles. The molecule has 0 aliphatic rings. The number of nitrogens with two attached hydrogens (primary N) is 1. The van der Waals surface area contributed by atoms with Crippen molar-refractivity contribution in [3.63, 3.8) is 0 Å². The van der Waals surface area contributed by atoms with Crippen LogP contribution in [0.2, 0.25) is 0 Å². The van der Waals surface area contributed by atoms with Crippen molar-refractivity contribution >= 4 is 106 Å². The second kappa shape index (κ2) is 42.3. The first-order valence-corrected chi connectivity index (χ1v) is 38.6. The molecule has 30 nitrogen and oxygen atoms in total. The van der Waals surface area contributed by atoms with Crippen LogP contribution in [0.15, 0.2) is 85.1 Å². The van der Waals surface area contributed by atoms with Crippen LogP contribution >= 0.6 is 23.5 Å². The zero-order chi connectivity index (χ0) is 81.9. The third-order valence-corrected chi connectivity index (χ3v) is 17.4. The molecule has 3 aromatic carbocycles. The van der Waals surface area contributed by atoms with Gasteiger partial charge < -0.3 is 87.7 Å². The van der Waals surface area contributed by atoms with Crippen molar-refractivity contribution in [3.8, 4) is 5.75 Å². The second-order valence-corrected chi connectivity index (χ2v) is 33.6. The summed E-state index contributed by atoms with van der Waals surface area (Å²) < 4.78 is 30.8. The van der Waals surface area contributed by atoms with Gasteiger partial charge in [0.1, 0.15) is 58.8 Å². The number of para-hydroxylation sites is 1. The molecule has 4 rings (SSSR count). The third-order valence-electron chi connectivity index (χ3n) is 15.6. The number of aliphatic carboxylic acids is 1. The van der Waals surface area contributed by atoms with E-state index in [1.807, 2.05) is 26.8 Å². The molecular weight excluding hydrogens is 1450 g/mol. The van der Waals surface area contributed by atoms with Crippen LogP contribution in [-0.4, -0.2) is 199 Å². The van der Waals surface area contributed by atoms with Crippen molar-refractivity contribution in [2.75, 3.05) is 29.8 Å². The largest absolute Gasteiger partial charge is 0.488 e. The highest BCUT2D eigenvalue weighted by atomic mass is 32.2. The average molecular weight is 1560 g/mol. The van der Waals surface area contributed by atoms with Gasteiger partial charge in [0.15, 0.2) is 6.04 Å². The quantitative estimate of drug-likeness (QED) is 0.0175. The zero-order valence-electron chi connectivity index (χ0n) is 66.4. The predicted octanol–water partition coefficient (Wildman–Crippen LogP) is 6.19. The summed E-state index contributed by atoms with van der Waals surface area (Å²) in [5.41, 5.74) is 4.13. The number of hydrogen-bond acceptors (Lipinski definition) is 20. The molecule has 0 radical (unpaired) electrons. The number of fused-ring (bicyclic) bond motifs is 1. The van der Waals surface area contributed by atoms with Crippen LogP contribution in [0.3, 0.4) is 0 Å². The summed E-state index contributed by atoms with van der Waals surface area (Å²) in [6.07, 6.45) is -2.82. The maximum Gasteiger partial charge on any atom is 0.419 e. The zero-order valence-corrected chi connectivity index (χ0v) is 68.0. The maximum absolute atomic E-state index is 15.8. The Balaban J connectivity index is 1.95. The summed E-state index contributed by atoms with van der Waals surface area (Å²) in [6.45, 7) is 31.5. The molecule has 4 aromatic rings. The van der Waals surface area contributed by atoms with Gasteiger partial charge in [0.25, 0.3) is 0 Å². The topological polar surface area (TPSA) is 422 Å². The molecule has 109 heavy (non-hydrogen) atoms. The number of ether oxygens (including phenoxy) is 5. The van der Waals surface area contributed by atoms with Crippen LogP contribution in [0, 0.1) is 0 Å². The number of hydrogen-bond donors (Lipinski definition) is 12. The number of carbonyl (C=O) groups excluding carboxylic acids is 11. The Labute approximate surface area is 648 Å². The lowest BCUT2D eigenvalue weighted by molar-refractivity contribution is -0.150. The van der Waals surface area contributed by atoms with Gasteiger partial charge in [-0.2, -0.15) is 0 Å². The summed E-state index contributed by atoms with van der Waals surface area (Å²) in [7, 11) is 0. The minimum Gasteiger partial charge on any atom is -0.488 e. The summed E-state index contributed by atoms with van der Waals surface area (Å²) >= 11 is 2.11. The molecule has 0 fully saturated rings. The van der Waals surface area contributed by atoms with Crippen LogP contribution in [-0.2, 0) is 86.2 Å². The van der Waals surface area contributed by atoms with Gasteiger partial charge in [0.05, 0.1) is 46.7 Å². The highest BCUT2D eigenvalue weighted by Crippen LogP contribution is 2.26. The summed E-state index contributed by atoms with van der Waals surface area (Å²) in [5, 5.41) is 37.9. The fourth-order valence-electron chi connectivity index (χ4n) is 10.9. The van der Waals surface area contributed by atoms with E-state index < -0.39 is 160 Å². The normalized spacial score (nSPS) is 14.7. The fourth-order valence-corrected chi connectivity index (χ4v) is 12.7. The molecule has 32 heteroatoms. The van der Waals surface area contributed by atoms with Crippen molar-refractivity contribution in [3.05, 3.63) is 102 Å². The Bertz CT molecular complexity index is 3730. The Morgan fingerprint density at radius 3 is 1.43 bits per heavy atom. The van der Waals surface area contributed by atoms with Crippen molar-refractivity contribution in [1.82, 2.24) is 57.7 Å². The van der Waals surface area contributed by atoms with E-state index in [9.17, 15) is 43.5 Å². The minimum atomic E-state index is -1.71. The van der Waals surface area contributed by atoms with Crippen molar-refractivity contribution < 1.29 is 86.3 Å². The first-order valence-electron chi connectivity index (χ1n) is 36.3. The number of rotatable bonds is 39. The van der Waals surface area contributed by atoms with Gasteiger partial charge in [-0.1, -0.05) is 60.7 Å². The molecule has 0 aliphatic heterocycles. The van der Waals surface area contributed by atoms with E-state index in [4.69, 9.17) is 29.4 Å². The number of nitrogens with one attached hydrogen (secondary N) is 10. The number of nitrogens with zero attached hydrogens (tertiary/aromatic N) is 1. The molecule has 0 saturated carbocycles. The number of alkyl carbamates (subject to hydrolysis) is 1. The van der Waals surface area contributed by atoms with Crippen LogP contribution < -0.4 is 63.6 Å². The number of carboxylic acid groups (broad SMARTS) is 1. The Hall–Kier alpha value is -8.98. The van der Waals surface area contributed by atoms with Crippen molar-refractivity contribution in [2.45, 2.75) is 259 Å². The van der Waals surface area contributed by atoms with Gasteiger partial charge in [0.2, 0.25) is 53.2 Å². The Kier molecular flexibility index (Phi) is 35.8. The number of carboxylic acids is 1. The van der Waals surface area contributed by atoms with E-state index in [0.29, 0.717) is 27.8 Å². The number of aromatic nitrogens is 1. The van der Waals surface area contributed by atoms with Gasteiger partial charge in [0, 0.05) is 56.3 Å². The molecule has 10 amide bonds. The average Bonchev–Trinajstić information content (AvgIpc) is 1.64. The van der Waals surface area contributed by atoms with Gasteiger partial charge in [-0.3, -0.25) is 47.7 Å². The van der Waals surface area contributed by atoms with E-state index >= 15 is 19.2 Å². The molecule has 0 saturated heterocycles. The summed E-state index contributed by atoms with van der Waals surface area (Å²) in [4.78, 5) is 169. The smallest absolute Gasteiger partial charge is 0.419 e. The SMILES string of the molecule is CC(=O)NCSC[C@H](NC(=O)[C@H](N)Cc1ccccc1)C(=O)N[C@@H](Cc1ccc(OC(C)(C)C)cc1)C(=O)N[C@H](Cc1cn(C(=O)OC(C)(C)C)c2ccccc12)C(=O)N[C@@H](CCCCNC(=O)OC(C)(C)C)C(=O)N[C@H](C(=O)N[C@@H](CSCNC(C)=O)C(=O)N[C@H](C(=O)O)[C@@H](C)OC(C)(C)C)[C@@H](C)OC(C)(C)C. The van der Waals surface area contributed by atoms with Crippen LogP contribution in [0.25, 0.3) is 10.9 Å². The molecule has 0 unspecified atom stereocenters. The minimum absolute atomic E-state index is 0.0315. The van der Waals surface area contributed by atoms with Crippen LogP contribution in [0.5, 0.6) is 5.75 Å². The number of carbonyl (C=O) groups is 12. The molecule has 0 bridgehead atoms. The second-order valence-electron chi connectivity index (χ2n) is 31.5.